The van der Waals surface area contributed by atoms with Crippen molar-refractivity contribution in [1.29, 1.82) is 0 Å². The Bertz CT molecular complexity index is 697. The third-order valence-electron chi connectivity index (χ3n) is 2.76. The number of sulfone groups is 1. The van der Waals surface area contributed by atoms with Crippen molar-refractivity contribution in [3.05, 3.63) is 36.0 Å². The van der Waals surface area contributed by atoms with E-state index >= 15 is 0 Å². The van der Waals surface area contributed by atoms with Crippen LogP contribution in [-0.4, -0.2) is 36.0 Å². The maximum atomic E-state index is 12.8. The van der Waals surface area contributed by atoms with E-state index < -0.39 is 9.84 Å². The van der Waals surface area contributed by atoms with Crippen LogP contribution >= 0.6 is 0 Å². The van der Waals surface area contributed by atoms with Crippen LogP contribution in [0.25, 0.3) is 11.4 Å². The average Bonchev–Trinajstić information content (AvgIpc) is 2.86. The number of rotatable bonds is 6. The molecule has 1 N–H and O–H groups in total. The second kappa shape index (κ2) is 6.31. The van der Waals surface area contributed by atoms with Gasteiger partial charge < -0.3 is 9.63 Å². The highest BCUT2D eigenvalue weighted by Crippen LogP contribution is 2.17. The molecule has 114 valence electrons. The van der Waals surface area contributed by atoms with Gasteiger partial charge in [0.15, 0.2) is 9.84 Å². The van der Waals surface area contributed by atoms with E-state index in [-0.39, 0.29) is 41.6 Å². The molecule has 1 aromatic carbocycles. The minimum atomic E-state index is -3.44. The maximum absolute atomic E-state index is 12.8. The molecule has 0 aliphatic heterocycles. The number of halogens is 1. The molecule has 0 aliphatic rings. The van der Waals surface area contributed by atoms with E-state index in [1.54, 1.807) is 6.92 Å². The van der Waals surface area contributed by atoms with E-state index in [0.29, 0.717) is 5.56 Å². The molecule has 1 atom stereocenters. The van der Waals surface area contributed by atoms with Crippen LogP contribution in [0.1, 0.15) is 12.8 Å². The monoisotopic (exact) mass is 314 g/mol. The topological polar surface area (TPSA) is 93.3 Å². The highest BCUT2D eigenvalue weighted by atomic mass is 32.2. The predicted octanol–water partition coefficient (Wildman–Crippen LogP) is 1.42. The molecule has 0 aliphatic carbocycles. The van der Waals surface area contributed by atoms with Gasteiger partial charge in [0, 0.05) is 12.2 Å². The molecular weight excluding hydrogens is 299 g/mol. The van der Waals surface area contributed by atoms with Crippen molar-refractivity contribution >= 4 is 9.84 Å². The molecule has 0 bridgehead atoms. The Kier molecular flexibility index (Phi) is 4.69. The second-order valence-corrected chi connectivity index (χ2v) is 6.97. The third-order valence-corrected chi connectivity index (χ3v) is 4.53. The van der Waals surface area contributed by atoms with Crippen LogP contribution in [0.4, 0.5) is 4.39 Å². The summed E-state index contributed by atoms with van der Waals surface area (Å²) in [6, 6.07) is 5.47. The van der Waals surface area contributed by atoms with E-state index in [9.17, 15) is 12.8 Å². The summed E-state index contributed by atoms with van der Waals surface area (Å²) in [5.41, 5.74) is 0.535. The molecular formula is C13H15FN2O4S. The van der Waals surface area contributed by atoms with Crippen LogP contribution in [0.15, 0.2) is 28.8 Å². The Balaban J connectivity index is 2.11. The van der Waals surface area contributed by atoms with Gasteiger partial charge in [0.05, 0.1) is 5.75 Å². The normalized spacial score (nSPS) is 13.3. The van der Waals surface area contributed by atoms with Gasteiger partial charge >= 0.3 is 0 Å². The van der Waals surface area contributed by atoms with Gasteiger partial charge in [0.25, 0.3) is 0 Å². The Morgan fingerprint density at radius 3 is 2.62 bits per heavy atom. The van der Waals surface area contributed by atoms with Gasteiger partial charge in [-0.25, -0.2) is 12.8 Å². The van der Waals surface area contributed by atoms with Crippen LogP contribution < -0.4 is 0 Å². The van der Waals surface area contributed by atoms with Crippen molar-refractivity contribution in [2.45, 2.75) is 12.7 Å². The molecule has 6 nitrogen and oxygen atoms in total. The van der Waals surface area contributed by atoms with Gasteiger partial charge in [0.2, 0.25) is 11.7 Å². The Morgan fingerprint density at radius 1 is 1.33 bits per heavy atom. The first-order valence-electron chi connectivity index (χ1n) is 6.29. The largest absolute Gasteiger partial charge is 0.396 e. The highest BCUT2D eigenvalue weighted by molar-refractivity contribution is 7.90. The summed E-state index contributed by atoms with van der Waals surface area (Å²) in [4.78, 5) is 3.99. The summed E-state index contributed by atoms with van der Waals surface area (Å²) >= 11 is 0. The van der Waals surface area contributed by atoms with Crippen molar-refractivity contribution < 1.29 is 22.4 Å². The van der Waals surface area contributed by atoms with Crippen molar-refractivity contribution in [3.63, 3.8) is 0 Å². The summed E-state index contributed by atoms with van der Waals surface area (Å²) in [5, 5.41) is 12.6. The zero-order chi connectivity index (χ0) is 15.5. The predicted molar refractivity (Wildman–Crippen MR) is 73.4 cm³/mol. The molecule has 0 saturated carbocycles. The molecule has 1 heterocycles. The van der Waals surface area contributed by atoms with Crippen molar-refractivity contribution in [3.8, 4) is 11.4 Å². The Labute approximate surface area is 121 Å². The van der Waals surface area contributed by atoms with Gasteiger partial charge in [-0.05, 0) is 30.2 Å². The second-order valence-electron chi connectivity index (χ2n) is 4.86. The van der Waals surface area contributed by atoms with Crippen molar-refractivity contribution in [2.24, 2.45) is 5.92 Å². The number of aliphatic hydroxyl groups excluding tert-OH is 1. The molecule has 8 heteroatoms. The van der Waals surface area contributed by atoms with E-state index in [2.05, 4.69) is 10.1 Å². The zero-order valence-corrected chi connectivity index (χ0v) is 12.2. The minimum Gasteiger partial charge on any atom is -0.396 e. The summed E-state index contributed by atoms with van der Waals surface area (Å²) in [6.45, 7) is 1.43. The molecule has 0 amide bonds. The average molecular weight is 314 g/mol. The lowest BCUT2D eigenvalue weighted by Crippen LogP contribution is -2.18. The molecule has 0 spiro atoms. The molecule has 0 saturated heterocycles. The molecule has 0 fully saturated rings. The van der Waals surface area contributed by atoms with Crippen LogP contribution in [-0.2, 0) is 15.6 Å². The fraction of sp³-hybridized carbons (Fsp3) is 0.385. The molecule has 1 unspecified atom stereocenters. The number of hydrogen-bond donors (Lipinski definition) is 1. The third kappa shape index (κ3) is 4.33. The number of benzene rings is 1. The van der Waals surface area contributed by atoms with Crippen molar-refractivity contribution in [2.75, 3.05) is 12.4 Å². The lowest BCUT2D eigenvalue weighted by molar-refractivity contribution is 0.249. The van der Waals surface area contributed by atoms with Crippen LogP contribution in [0.2, 0.25) is 0 Å². The minimum absolute atomic E-state index is 0.0283. The lowest BCUT2D eigenvalue weighted by atomic mass is 10.2. The highest BCUT2D eigenvalue weighted by Gasteiger charge is 2.20. The lowest BCUT2D eigenvalue weighted by Gasteiger charge is -2.06. The summed E-state index contributed by atoms with van der Waals surface area (Å²) in [6.07, 6.45) is 0. The number of aliphatic hydroxyl groups is 1. The van der Waals surface area contributed by atoms with Gasteiger partial charge in [-0.15, -0.1) is 0 Å². The van der Waals surface area contributed by atoms with Crippen LogP contribution in [0.3, 0.4) is 0 Å². The Morgan fingerprint density at radius 2 is 2.00 bits per heavy atom. The van der Waals surface area contributed by atoms with Crippen LogP contribution in [0.5, 0.6) is 0 Å². The first-order chi connectivity index (χ1) is 9.89. The quantitative estimate of drug-likeness (QED) is 0.866. The zero-order valence-electron chi connectivity index (χ0n) is 11.4. The summed E-state index contributed by atoms with van der Waals surface area (Å²) < 4.78 is 41.5. The smallest absolute Gasteiger partial charge is 0.242 e. The Hall–Kier alpha value is -1.80. The molecule has 2 rings (SSSR count). The molecule has 2 aromatic rings. The molecule has 0 radical (unpaired) electrons. The van der Waals surface area contributed by atoms with Crippen molar-refractivity contribution in [1.82, 2.24) is 10.1 Å². The SMILES string of the molecule is CC(CO)CS(=O)(=O)Cc1nc(-c2ccc(F)cc2)no1. The summed E-state index contributed by atoms with van der Waals surface area (Å²) in [5.74, 6) is -1.10. The van der Waals surface area contributed by atoms with Gasteiger partial charge in [0.1, 0.15) is 11.6 Å². The van der Waals surface area contributed by atoms with E-state index in [4.69, 9.17) is 9.63 Å². The molecule has 1 aromatic heterocycles. The van der Waals surface area contributed by atoms with Crippen LogP contribution in [0, 0.1) is 11.7 Å². The van der Waals surface area contributed by atoms with Gasteiger partial charge in [-0.2, -0.15) is 4.98 Å². The number of aromatic nitrogens is 2. The fourth-order valence-electron chi connectivity index (χ4n) is 1.76. The fourth-order valence-corrected chi connectivity index (χ4v) is 3.35. The number of nitrogens with zero attached hydrogens (tertiary/aromatic N) is 2. The first kappa shape index (κ1) is 15.6. The summed E-state index contributed by atoms with van der Waals surface area (Å²) in [7, 11) is -3.44. The van der Waals surface area contributed by atoms with E-state index in [1.165, 1.54) is 24.3 Å². The van der Waals surface area contributed by atoms with E-state index in [1.807, 2.05) is 0 Å². The maximum Gasteiger partial charge on any atom is 0.242 e. The first-order valence-corrected chi connectivity index (χ1v) is 8.11. The van der Waals surface area contributed by atoms with Gasteiger partial charge in [-0.3, -0.25) is 0 Å². The van der Waals surface area contributed by atoms with Gasteiger partial charge in [-0.1, -0.05) is 12.1 Å². The number of hydrogen-bond acceptors (Lipinski definition) is 6. The van der Waals surface area contributed by atoms with E-state index in [0.717, 1.165) is 0 Å². The standard InChI is InChI=1S/C13H15FN2O4S/c1-9(6-17)7-21(18,19)8-12-15-13(16-20-12)10-2-4-11(14)5-3-10/h2-5,9,17H,6-8H2,1H3. The molecule has 21 heavy (non-hydrogen) atoms.